The van der Waals surface area contributed by atoms with Gasteiger partial charge in [0.2, 0.25) is 0 Å². The molecule has 0 saturated heterocycles. The summed E-state index contributed by atoms with van der Waals surface area (Å²) in [5.41, 5.74) is 12.8. The number of halogens is 1. The van der Waals surface area contributed by atoms with Crippen LogP contribution in [-0.4, -0.2) is 10.6 Å². The fourth-order valence-electron chi connectivity index (χ4n) is 2.68. The average molecular weight is 256 g/mol. The predicted octanol–water partition coefficient (Wildman–Crippen LogP) is 3.90. The lowest BCUT2D eigenvalue weighted by Crippen LogP contribution is -2.09. The lowest BCUT2D eigenvalue weighted by molar-refractivity contribution is 0.593. The van der Waals surface area contributed by atoms with Crippen molar-refractivity contribution >= 4 is 0 Å². The molecule has 0 fully saturated rings. The summed E-state index contributed by atoms with van der Waals surface area (Å²) in [5, 5.41) is 3.68. The van der Waals surface area contributed by atoms with Crippen molar-refractivity contribution in [2.45, 2.75) is 25.9 Å². The lowest BCUT2D eigenvalue weighted by atomic mass is 10.1. The highest BCUT2D eigenvalue weighted by atomic mass is 19.1. The van der Waals surface area contributed by atoms with Gasteiger partial charge in [-0.1, -0.05) is 18.1 Å². The molecule has 4 nitrogen and oxygen atoms in total. The Hall–Kier alpha value is -2.26. The lowest BCUT2D eigenvalue weighted by Gasteiger charge is -2.11. The van der Waals surface area contributed by atoms with Gasteiger partial charge in [0.1, 0.15) is 5.82 Å². The van der Waals surface area contributed by atoms with Gasteiger partial charge in [-0.3, -0.25) is 0 Å². The number of hydrogen-bond acceptors (Lipinski definition) is 1. The van der Waals surface area contributed by atoms with Crippen LogP contribution in [0.1, 0.15) is 18.1 Å². The van der Waals surface area contributed by atoms with Crippen LogP contribution in [0.5, 0.6) is 0 Å². The fraction of sp³-hybridized carbons (Fsp3) is 0.286. The molecule has 0 bridgehead atoms. The highest BCUT2D eigenvalue weighted by molar-refractivity contribution is 5.74. The van der Waals surface area contributed by atoms with E-state index in [2.05, 4.69) is 16.1 Å². The van der Waals surface area contributed by atoms with Crippen molar-refractivity contribution in [3.63, 3.8) is 0 Å². The topological polar surface area (TPSA) is 53.7 Å². The molecule has 1 aromatic heterocycles. The third-order valence-corrected chi connectivity index (χ3v) is 3.46. The molecular formula is C14H13FN4. The maximum Gasteiger partial charge on any atom is 0.123 e. The molecule has 1 heterocycles. The first-order valence-corrected chi connectivity index (χ1v) is 6.20. The third kappa shape index (κ3) is 1.98. The maximum atomic E-state index is 13.4. The Kier molecular flexibility index (Phi) is 2.76. The summed E-state index contributed by atoms with van der Waals surface area (Å²) in [5.74, 6) is -0.220. The summed E-state index contributed by atoms with van der Waals surface area (Å²) in [6.07, 6.45) is 2.82. The molecule has 0 amide bonds. The van der Waals surface area contributed by atoms with E-state index in [1.165, 1.54) is 11.6 Å². The van der Waals surface area contributed by atoms with Gasteiger partial charge in [-0.25, -0.2) is 4.39 Å². The van der Waals surface area contributed by atoms with Crippen molar-refractivity contribution in [1.82, 2.24) is 4.57 Å². The maximum absolute atomic E-state index is 13.4. The third-order valence-electron chi connectivity index (χ3n) is 3.46. The van der Waals surface area contributed by atoms with E-state index in [0.717, 1.165) is 23.2 Å². The molecule has 1 aliphatic carbocycles. The van der Waals surface area contributed by atoms with Crippen molar-refractivity contribution in [3.05, 3.63) is 57.8 Å². The van der Waals surface area contributed by atoms with Crippen LogP contribution in [0.3, 0.4) is 0 Å². The zero-order valence-electron chi connectivity index (χ0n) is 10.5. The zero-order chi connectivity index (χ0) is 13.4. The molecule has 0 N–H and O–H groups in total. The fourth-order valence-corrected chi connectivity index (χ4v) is 2.68. The van der Waals surface area contributed by atoms with Crippen LogP contribution < -0.4 is 0 Å². The molecular weight excluding hydrogens is 243 g/mol. The van der Waals surface area contributed by atoms with Crippen LogP contribution in [0.4, 0.5) is 4.39 Å². The molecule has 0 radical (unpaired) electrons. The van der Waals surface area contributed by atoms with Gasteiger partial charge < -0.3 is 4.57 Å². The Morgan fingerprint density at radius 1 is 1.42 bits per heavy atom. The number of azide groups is 1. The van der Waals surface area contributed by atoms with Gasteiger partial charge in [0.25, 0.3) is 0 Å². The molecule has 0 saturated carbocycles. The molecule has 0 spiro atoms. The molecule has 0 unspecified atom stereocenters. The summed E-state index contributed by atoms with van der Waals surface area (Å²) < 4.78 is 15.4. The van der Waals surface area contributed by atoms with E-state index >= 15 is 0 Å². The number of aromatic nitrogens is 1. The van der Waals surface area contributed by atoms with E-state index in [4.69, 9.17) is 5.53 Å². The van der Waals surface area contributed by atoms with E-state index < -0.39 is 0 Å². The normalized spacial score (nSPS) is 13.6. The van der Waals surface area contributed by atoms with Gasteiger partial charge in [-0.2, -0.15) is 0 Å². The number of nitrogens with zero attached hydrogens (tertiary/aromatic N) is 4. The van der Waals surface area contributed by atoms with E-state index in [9.17, 15) is 4.39 Å². The van der Waals surface area contributed by atoms with E-state index in [1.807, 2.05) is 23.8 Å². The summed E-state index contributed by atoms with van der Waals surface area (Å²) >= 11 is 0. The smallest absolute Gasteiger partial charge is 0.123 e. The minimum Gasteiger partial charge on any atom is -0.347 e. The van der Waals surface area contributed by atoms with Crippen LogP contribution in [0.15, 0.2) is 35.6 Å². The summed E-state index contributed by atoms with van der Waals surface area (Å²) in [6.45, 7) is 2.48. The highest BCUT2D eigenvalue weighted by Crippen LogP contribution is 2.37. The molecule has 1 aliphatic rings. The zero-order valence-corrected chi connectivity index (χ0v) is 10.5. The standard InChI is InChI=1S/C14H13FN4/c1-9(17-18-16)8-19-5-4-11-6-10-2-3-12(15)7-13(10)14(11)19/h2-5,7,9H,6,8H2,1H3/t9-/m1/s1. The quantitative estimate of drug-likeness (QED) is 0.388. The van der Waals surface area contributed by atoms with E-state index in [1.54, 1.807) is 6.07 Å². The van der Waals surface area contributed by atoms with Gasteiger partial charge in [-0.05, 0) is 34.9 Å². The first-order chi connectivity index (χ1) is 9.19. The predicted molar refractivity (Wildman–Crippen MR) is 71.2 cm³/mol. The summed E-state index contributed by atoms with van der Waals surface area (Å²) in [6, 6.07) is 6.84. The minimum absolute atomic E-state index is 0.126. The van der Waals surface area contributed by atoms with E-state index in [-0.39, 0.29) is 11.9 Å². The van der Waals surface area contributed by atoms with Crippen molar-refractivity contribution in [3.8, 4) is 11.3 Å². The van der Waals surface area contributed by atoms with Gasteiger partial charge in [0.05, 0.1) is 11.7 Å². The monoisotopic (exact) mass is 256 g/mol. The Morgan fingerprint density at radius 3 is 3.05 bits per heavy atom. The van der Waals surface area contributed by atoms with Crippen LogP contribution in [-0.2, 0) is 13.0 Å². The van der Waals surface area contributed by atoms with Crippen molar-refractivity contribution in [1.29, 1.82) is 0 Å². The molecule has 0 aliphatic heterocycles. The number of benzene rings is 1. The Balaban J connectivity index is 2.02. The van der Waals surface area contributed by atoms with Gasteiger partial charge in [0, 0.05) is 29.6 Å². The average Bonchev–Trinajstić information content (AvgIpc) is 2.90. The van der Waals surface area contributed by atoms with Gasteiger partial charge in [0.15, 0.2) is 0 Å². The molecule has 2 aromatic rings. The molecule has 1 aromatic carbocycles. The van der Waals surface area contributed by atoms with Crippen LogP contribution in [0.25, 0.3) is 21.7 Å². The first kappa shape index (κ1) is 11.8. The Morgan fingerprint density at radius 2 is 2.26 bits per heavy atom. The Labute approximate surface area is 110 Å². The SMILES string of the molecule is C[C@H](Cn1ccc2c1-c1cc(F)ccc1C2)N=[N+]=[N-]. The Bertz CT molecular complexity index is 683. The second kappa shape index (κ2) is 4.44. The number of hydrogen-bond donors (Lipinski definition) is 0. The van der Waals surface area contributed by atoms with Crippen molar-refractivity contribution in [2.75, 3.05) is 0 Å². The molecule has 5 heteroatoms. The minimum atomic E-state index is -0.220. The second-order valence-corrected chi connectivity index (χ2v) is 4.87. The van der Waals surface area contributed by atoms with Crippen LogP contribution >= 0.6 is 0 Å². The van der Waals surface area contributed by atoms with Gasteiger partial charge in [-0.15, -0.1) is 0 Å². The summed E-state index contributed by atoms with van der Waals surface area (Å²) in [7, 11) is 0. The van der Waals surface area contributed by atoms with E-state index in [0.29, 0.717) is 6.54 Å². The molecule has 1 atom stereocenters. The van der Waals surface area contributed by atoms with Crippen LogP contribution in [0.2, 0.25) is 0 Å². The number of fused-ring (bicyclic) bond motifs is 3. The molecule has 3 rings (SSSR count). The van der Waals surface area contributed by atoms with Crippen molar-refractivity contribution in [2.24, 2.45) is 5.11 Å². The largest absolute Gasteiger partial charge is 0.347 e. The van der Waals surface area contributed by atoms with Gasteiger partial charge >= 0.3 is 0 Å². The summed E-state index contributed by atoms with van der Waals surface area (Å²) in [4.78, 5) is 2.82. The first-order valence-electron chi connectivity index (χ1n) is 6.20. The van der Waals surface area contributed by atoms with Crippen LogP contribution in [0, 0.1) is 5.82 Å². The molecule has 19 heavy (non-hydrogen) atoms. The van der Waals surface area contributed by atoms with Crippen molar-refractivity contribution < 1.29 is 4.39 Å². The molecule has 96 valence electrons. The second-order valence-electron chi connectivity index (χ2n) is 4.87. The highest BCUT2D eigenvalue weighted by Gasteiger charge is 2.22. The number of rotatable bonds is 3.